The Kier molecular flexibility index (Phi) is 6.03. The highest BCUT2D eigenvalue weighted by Gasteiger charge is 2.16. The van der Waals surface area contributed by atoms with Gasteiger partial charge in [-0.2, -0.15) is 0 Å². The normalized spacial score (nSPS) is 12.7. The fourth-order valence-corrected chi connectivity index (χ4v) is 9.02. The van der Waals surface area contributed by atoms with E-state index in [4.69, 9.17) is 9.97 Å². The minimum Gasteiger partial charge on any atom is -0.236 e. The van der Waals surface area contributed by atoms with Crippen molar-refractivity contribution in [2.24, 2.45) is 0 Å². The first-order valence-corrected chi connectivity index (χ1v) is 16.6. The Morgan fingerprint density at radius 2 is 1.11 bits per heavy atom. The molecule has 3 heterocycles. The van der Waals surface area contributed by atoms with Gasteiger partial charge < -0.3 is 0 Å². The van der Waals surface area contributed by atoms with E-state index in [9.17, 15) is 0 Å². The molecule has 9 rings (SSSR count). The lowest BCUT2D eigenvalue weighted by Gasteiger charge is -2.08. The Bertz CT molecular complexity index is 2360. The summed E-state index contributed by atoms with van der Waals surface area (Å²) >= 11 is 3.78. The first-order valence-electron chi connectivity index (χ1n) is 14.9. The SMILES string of the molecule is C1=Cc2sc3c(-c4ccc(-c5cnc(-c6ccc(-c7cccc8c7sc7ccccc78)cc6)nc5)cc4)cccc3c2CC1. The fourth-order valence-electron chi connectivity index (χ4n) is 6.47. The van der Waals surface area contributed by atoms with Gasteiger partial charge in [0.1, 0.15) is 0 Å². The van der Waals surface area contributed by atoms with Crippen molar-refractivity contribution in [3.63, 3.8) is 0 Å². The van der Waals surface area contributed by atoms with E-state index in [1.54, 1.807) is 0 Å². The molecule has 44 heavy (non-hydrogen) atoms. The van der Waals surface area contributed by atoms with Gasteiger partial charge in [0.05, 0.1) is 0 Å². The molecule has 3 aromatic heterocycles. The van der Waals surface area contributed by atoms with Crippen molar-refractivity contribution in [3.05, 3.63) is 138 Å². The second-order valence-electron chi connectivity index (χ2n) is 11.3. The highest BCUT2D eigenvalue weighted by atomic mass is 32.1. The molecule has 0 saturated carbocycles. The monoisotopic (exact) mass is 598 g/mol. The third-order valence-electron chi connectivity index (χ3n) is 8.72. The Hall–Kier alpha value is -4.90. The molecule has 0 spiro atoms. The molecular weight excluding hydrogens is 573 g/mol. The van der Waals surface area contributed by atoms with Gasteiger partial charge in [0.2, 0.25) is 0 Å². The summed E-state index contributed by atoms with van der Waals surface area (Å²) < 4.78 is 4.04. The van der Waals surface area contributed by atoms with Gasteiger partial charge in [0, 0.05) is 53.3 Å². The summed E-state index contributed by atoms with van der Waals surface area (Å²) in [5.41, 5.74) is 9.67. The zero-order chi connectivity index (χ0) is 29.0. The first-order chi connectivity index (χ1) is 21.8. The van der Waals surface area contributed by atoms with Crippen molar-refractivity contribution in [1.29, 1.82) is 0 Å². The fraction of sp³-hybridized carbons (Fsp3) is 0.0500. The molecule has 0 amide bonds. The number of fused-ring (bicyclic) bond motifs is 6. The van der Waals surface area contributed by atoms with Crippen LogP contribution >= 0.6 is 22.7 Å². The highest BCUT2D eigenvalue weighted by molar-refractivity contribution is 7.26. The predicted molar refractivity (Wildman–Crippen MR) is 189 cm³/mol. The van der Waals surface area contributed by atoms with Gasteiger partial charge in [0.15, 0.2) is 5.82 Å². The zero-order valence-electron chi connectivity index (χ0n) is 23.8. The third kappa shape index (κ3) is 4.22. The van der Waals surface area contributed by atoms with Gasteiger partial charge in [-0.05, 0) is 63.8 Å². The third-order valence-corrected chi connectivity index (χ3v) is 11.2. The van der Waals surface area contributed by atoms with Crippen molar-refractivity contribution in [1.82, 2.24) is 9.97 Å². The number of benzene rings is 5. The van der Waals surface area contributed by atoms with Crippen molar-refractivity contribution >= 4 is 59.0 Å². The molecule has 0 N–H and O–H groups in total. The molecule has 0 saturated heterocycles. The van der Waals surface area contributed by atoms with E-state index < -0.39 is 0 Å². The molecule has 0 unspecified atom stereocenters. The van der Waals surface area contributed by atoms with Gasteiger partial charge in [-0.25, -0.2) is 9.97 Å². The van der Waals surface area contributed by atoms with E-state index in [0.717, 1.165) is 35.4 Å². The number of aromatic nitrogens is 2. The molecule has 1 aliphatic rings. The molecule has 1 aliphatic carbocycles. The van der Waals surface area contributed by atoms with Crippen LogP contribution in [0.25, 0.3) is 81.1 Å². The number of allylic oxidation sites excluding steroid dienone is 1. The molecular formula is C40H26N2S2. The Labute approximate surface area is 263 Å². The van der Waals surface area contributed by atoms with Gasteiger partial charge in [-0.3, -0.25) is 0 Å². The molecule has 0 atom stereocenters. The highest BCUT2D eigenvalue weighted by Crippen LogP contribution is 2.42. The van der Waals surface area contributed by atoms with Gasteiger partial charge in [0.25, 0.3) is 0 Å². The number of nitrogens with zero attached hydrogens (tertiary/aromatic N) is 2. The van der Waals surface area contributed by atoms with Crippen molar-refractivity contribution in [2.45, 2.75) is 12.8 Å². The number of hydrogen-bond acceptors (Lipinski definition) is 4. The lowest BCUT2D eigenvalue weighted by Crippen LogP contribution is -1.90. The van der Waals surface area contributed by atoms with Crippen LogP contribution in [0.4, 0.5) is 0 Å². The predicted octanol–water partition coefficient (Wildman–Crippen LogP) is 11.7. The van der Waals surface area contributed by atoms with Crippen LogP contribution in [-0.2, 0) is 6.42 Å². The summed E-state index contributed by atoms with van der Waals surface area (Å²) in [5, 5.41) is 4.05. The molecule has 0 bridgehead atoms. The average molecular weight is 599 g/mol. The minimum atomic E-state index is 0.736. The van der Waals surface area contributed by atoms with E-state index in [-0.39, 0.29) is 0 Å². The summed E-state index contributed by atoms with van der Waals surface area (Å²) in [6.45, 7) is 0. The molecule has 0 fully saturated rings. The summed E-state index contributed by atoms with van der Waals surface area (Å²) in [6.07, 6.45) is 10.7. The molecule has 8 aromatic rings. The van der Waals surface area contributed by atoms with Crippen LogP contribution in [0.3, 0.4) is 0 Å². The van der Waals surface area contributed by atoms with Crippen LogP contribution in [0.1, 0.15) is 16.9 Å². The number of thiophene rings is 2. The largest absolute Gasteiger partial charge is 0.236 e. The maximum atomic E-state index is 4.75. The Balaban J connectivity index is 0.978. The van der Waals surface area contributed by atoms with Crippen molar-refractivity contribution in [3.8, 4) is 44.8 Å². The van der Waals surface area contributed by atoms with Gasteiger partial charge in [-0.15, -0.1) is 22.7 Å². The Morgan fingerprint density at radius 3 is 1.86 bits per heavy atom. The summed E-state index contributed by atoms with van der Waals surface area (Å²) in [4.78, 5) is 10.9. The van der Waals surface area contributed by atoms with Crippen LogP contribution in [-0.4, -0.2) is 9.97 Å². The van der Waals surface area contributed by atoms with E-state index in [1.165, 1.54) is 63.0 Å². The van der Waals surface area contributed by atoms with E-state index >= 15 is 0 Å². The molecule has 0 radical (unpaired) electrons. The van der Waals surface area contributed by atoms with E-state index in [1.807, 2.05) is 35.1 Å². The van der Waals surface area contributed by atoms with E-state index in [2.05, 4.69) is 121 Å². The van der Waals surface area contributed by atoms with Gasteiger partial charge in [-0.1, -0.05) is 109 Å². The molecule has 0 aliphatic heterocycles. The quantitative estimate of drug-likeness (QED) is 0.201. The van der Waals surface area contributed by atoms with Crippen LogP contribution in [0.15, 0.2) is 128 Å². The van der Waals surface area contributed by atoms with Crippen LogP contribution in [0.2, 0.25) is 0 Å². The summed E-state index contributed by atoms with van der Waals surface area (Å²) in [5.74, 6) is 0.736. The topological polar surface area (TPSA) is 25.8 Å². The number of aryl methyl sites for hydroxylation is 1. The lowest BCUT2D eigenvalue weighted by atomic mass is 9.97. The number of rotatable bonds is 4. The van der Waals surface area contributed by atoms with Crippen molar-refractivity contribution < 1.29 is 0 Å². The van der Waals surface area contributed by atoms with Crippen LogP contribution < -0.4 is 0 Å². The van der Waals surface area contributed by atoms with Crippen LogP contribution in [0.5, 0.6) is 0 Å². The summed E-state index contributed by atoms with van der Waals surface area (Å²) in [7, 11) is 0. The first kappa shape index (κ1) is 25.6. The maximum absolute atomic E-state index is 4.75. The smallest absolute Gasteiger partial charge is 0.159 e. The number of hydrogen-bond donors (Lipinski definition) is 0. The average Bonchev–Trinajstić information content (AvgIpc) is 3.67. The van der Waals surface area contributed by atoms with Crippen molar-refractivity contribution in [2.75, 3.05) is 0 Å². The Morgan fingerprint density at radius 1 is 0.500 bits per heavy atom. The zero-order valence-corrected chi connectivity index (χ0v) is 25.5. The lowest BCUT2D eigenvalue weighted by molar-refractivity contribution is 1.01. The second-order valence-corrected chi connectivity index (χ2v) is 13.4. The second kappa shape index (κ2) is 10.4. The summed E-state index contributed by atoms with van der Waals surface area (Å²) in [6, 6.07) is 39.4. The van der Waals surface area contributed by atoms with Crippen LogP contribution in [0, 0.1) is 0 Å². The molecule has 208 valence electrons. The minimum absolute atomic E-state index is 0.736. The molecule has 4 heteroatoms. The standard InChI is InChI=1S/C40H26N2S2/c1-3-13-36-32(7-1)34-11-5-9-30(38(34)43-36)26-17-15-25(16-18-26)29-23-41-40(42-24-29)28-21-19-27(20-22-28)31-10-6-12-35-33-8-2-4-14-37(33)44-39(31)35/h2-6,8-24H,1,7H2. The van der Waals surface area contributed by atoms with Gasteiger partial charge >= 0.3 is 0 Å². The maximum Gasteiger partial charge on any atom is 0.159 e. The van der Waals surface area contributed by atoms with E-state index in [0.29, 0.717) is 0 Å². The molecule has 5 aromatic carbocycles. The molecule has 2 nitrogen and oxygen atoms in total.